The van der Waals surface area contributed by atoms with Gasteiger partial charge in [-0.1, -0.05) is 37.1 Å². The van der Waals surface area contributed by atoms with Crippen LogP contribution in [0.5, 0.6) is 0 Å². The Morgan fingerprint density at radius 1 is 1.00 bits per heavy atom. The first-order valence-corrected chi connectivity index (χ1v) is 20.5. The van der Waals surface area contributed by atoms with E-state index in [1.165, 1.54) is 15.9 Å². The summed E-state index contributed by atoms with van der Waals surface area (Å²) in [5.74, 6) is -2.64. The average molecular weight is 756 g/mol. The molecule has 0 aromatic heterocycles. The molecule has 3 heterocycles. The zero-order chi connectivity index (χ0) is 37.1. The molecule has 3 N–H and O–H groups in total. The summed E-state index contributed by atoms with van der Waals surface area (Å²) in [6.07, 6.45) is 9.00. The van der Waals surface area contributed by atoms with E-state index in [0.29, 0.717) is 42.7 Å². The van der Waals surface area contributed by atoms with Crippen molar-refractivity contribution in [2.75, 3.05) is 6.54 Å². The summed E-state index contributed by atoms with van der Waals surface area (Å²) in [6.45, 7) is -0.0273. The zero-order valence-corrected chi connectivity index (χ0v) is 30.3. The lowest BCUT2D eigenvalue weighted by atomic mass is 10.0. The van der Waals surface area contributed by atoms with Gasteiger partial charge in [-0.05, 0) is 81.8 Å². The molecule has 1 aromatic carbocycles. The predicted molar refractivity (Wildman–Crippen MR) is 185 cm³/mol. The van der Waals surface area contributed by atoms with Crippen LogP contribution in [-0.2, 0) is 47.0 Å². The van der Waals surface area contributed by atoms with Gasteiger partial charge < -0.3 is 25.0 Å². The van der Waals surface area contributed by atoms with Gasteiger partial charge in [0.1, 0.15) is 35.1 Å². The highest BCUT2D eigenvalue weighted by atomic mass is 32.2. The third-order valence-corrected chi connectivity index (χ3v) is 13.8. The molecule has 4 saturated carbocycles. The number of fused-ring (bicyclic) bond motifs is 3. The number of benzene rings is 1. The second kappa shape index (κ2) is 13.6. The summed E-state index contributed by atoms with van der Waals surface area (Å²) in [5.41, 5.74) is -0.969. The maximum absolute atomic E-state index is 14.4. The molecule has 0 spiro atoms. The van der Waals surface area contributed by atoms with E-state index < -0.39 is 86.2 Å². The first-order valence-electron chi connectivity index (χ1n) is 18.9. The molecule has 1 saturated heterocycles. The van der Waals surface area contributed by atoms with Crippen LogP contribution in [0, 0.1) is 17.7 Å². The summed E-state index contributed by atoms with van der Waals surface area (Å²) in [7, 11) is -3.92. The number of carbonyl (C=O) groups is 5. The highest BCUT2D eigenvalue weighted by molar-refractivity contribution is 7.91. The van der Waals surface area contributed by atoms with Crippen molar-refractivity contribution >= 4 is 39.9 Å². The van der Waals surface area contributed by atoms with Crippen LogP contribution in [0.4, 0.5) is 14.0 Å². The highest BCUT2D eigenvalue weighted by Gasteiger charge is 2.62. The SMILES string of the molecule is O=C(N[C@H]1CCCCC/C=C\[C@H]2C[C@@]2(C(=O)NS(=O)(=O)C2CC2)NC(=O)[C@@H]2C[C@@H](OC(=O)N3Cc4cccc(F)c4C3)CN2C1=O)OC1(C2CC2)CC1. The van der Waals surface area contributed by atoms with E-state index in [9.17, 15) is 36.8 Å². The number of sulfonamides is 1. The topological polar surface area (TPSA) is 181 Å². The van der Waals surface area contributed by atoms with Crippen LogP contribution in [-0.4, -0.2) is 89.2 Å². The van der Waals surface area contributed by atoms with Crippen LogP contribution in [0.25, 0.3) is 0 Å². The summed E-state index contributed by atoms with van der Waals surface area (Å²) >= 11 is 0. The van der Waals surface area contributed by atoms with Crippen LogP contribution < -0.4 is 15.4 Å². The average Bonchev–Trinajstić information content (AvgIpc) is 3.91. The van der Waals surface area contributed by atoms with Crippen molar-refractivity contribution in [2.45, 2.75) is 131 Å². The minimum absolute atomic E-state index is 0.00682. The van der Waals surface area contributed by atoms with Crippen LogP contribution in [0.1, 0.15) is 94.6 Å². The Kier molecular flexibility index (Phi) is 9.17. The predicted octanol–water partition coefficient (Wildman–Crippen LogP) is 3.29. The smallest absolute Gasteiger partial charge is 0.410 e. The van der Waals surface area contributed by atoms with E-state index >= 15 is 0 Å². The normalized spacial score (nSPS) is 31.4. The van der Waals surface area contributed by atoms with Crippen LogP contribution in [0.2, 0.25) is 0 Å². The van der Waals surface area contributed by atoms with Gasteiger partial charge in [-0.2, -0.15) is 0 Å². The van der Waals surface area contributed by atoms with Gasteiger partial charge in [0.2, 0.25) is 21.8 Å². The Bertz CT molecular complexity index is 1840. The molecule has 5 fully saturated rings. The van der Waals surface area contributed by atoms with Crippen molar-refractivity contribution in [3.8, 4) is 0 Å². The quantitative estimate of drug-likeness (QED) is 0.352. The van der Waals surface area contributed by atoms with Gasteiger partial charge in [-0.3, -0.25) is 24.0 Å². The molecule has 0 radical (unpaired) electrons. The number of carbonyl (C=O) groups excluding carboxylic acids is 5. The van der Waals surface area contributed by atoms with Crippen LogP contribution >= 0.6 is 0 Å². The highest BCUT2D eigenvalue weighted by Crippen LogP contribution is 2.56. The molecule has 1 aromatic rings. The summed E-state index contributed by atoms with van der Waals surface area (Å²) in [4.78, 5) is 71.6. The molecular weight excluding hydrogens is 709 g/mol. The minimum Gasteiger partial charge on any atom is -0.444 e. The first kappa shape index (κ1) is 35.8. The number of alkyl carbamates (subject to hydrolysis) is 1. The monoisotopic (exact) mass is 755 g/mol. The molecule has 16 heteroatoms. The largest absolute Gasteiger partial charge is 0.444 e. The van der Waals surface area contributed by atoms with E-state index in [0.717, 1.165) is 38.5 Å². The van der Waals surface area contributed by atoms with Gasteiger partial charge in [0, 0.05) is 24.4 Å². The van der Waals surface area contributed by atoms with Gasteiger partial charge >= 0.3 is 12.2 Å². The standard InChI is InChI=1S/C37H46FN5O9S/c38-28-9-6-7-22-19-42(21-27(22)28)35(48)51-25-17-30-31(44)40-37(33(46)41-53(49,50)26-13-14-26)18-24(37)8-4-2-1-3-5-10-29(32(45)43(30)20-25)39-34(47)52-36(15-16-36)23-11-12-23/h4,6-9,23-26,29-30H,1-3,5,10-21H2,(H,39,47)(H,40,44)(H,41,46)/b8-4-/t24-,25+,29-,30-,37+/m0/s1. The van der Waals surface area contributed by atoms with E-state index in [1.54, 1.807) is 12.1 Å². The lowest BCUT2D eigenvalue weighted by Crippen LogP contribution is -2.58. The van der Waals surface area contributed by atoms with Crippen molar-refractivity contribution < 1.29 is 46.3 Å². The molecule has 3 aliphatic heterocycles. The van der Waals surface area contributed by atoms with Crippen molar-refractivity contribution in [1.82, 2.24) is 25.2 Å². The minimum atomic E-state index is -3.92. The zero-order valence-electron chi connectivity index (χ0n) is 29.5. The lowest BCUT2D eigenvalue weighted by molar-refractivity contribution is -0.141. The molecule has 5 atom stereocenters. The number of amides is 5. The Hall–Kier alpha value is -4.21. The van der Waals surface area contributed by atoms with Crippen molar-refractivity contribution in [3.05, 3.63) is 47.3 Å². The van der Waals surface area contributed by atoms with Crippen molar-refractivity contribution in [2.24, 2.45) is 11.8 Å². The Morgan fingerprint density at radius 2 is 1.79 bits per heavy atom. The summed E-state index contributed by atoms with van der Waals surface area (Å²) < 4.78 is 53.9. The van der Waals surface area contributed by atoms with Gasteiger partial charge in [0.05, 0.1) is 18.3 Å². The van der Waals surface area contributed by atoms with Crippen molar-refractivity contribution in [1.29, 1.82) is 0 Å². The number of halogens is 1. The Balaban J connectivity index is 1.03. The third-order valence-electron chi connectivity index (χ3n) is 11.9. The fourth-order valence-corrected chi connectivity index (χ4v) is 9.62. The molecule has 5 amide bonds. The molecule has 8 rings (SSSR count). The molecule has 286 valence electrons. The van der Waals surface area contributed by atoms with Crippen LogP contribution in [0.3, 0.4) is 0 Å². The molecule has 0 bridgehead atoms. The number of nitrogens with one attached hydrogen (secondary N) is 3. The number of hydrogen-bond donors (Lipinski definition) is 3. The van der Waals surface area contributed by atoms with Gasteiger partial charge in [-0.15, -0.1) is 0 Å². The summed E-state index contributed by atoms with van der Waals surface area (Å²) in [5, 5.41) is 4.94. The number of rotatable bonds is 7. The van der Waals surface area contributed by atoms with Crippen LogP contribution in [0.15, 0.2) is 30.4 Å². The molecule has 7 aliphatic rings. The second-order valence-electron chi connectivity index (χ2n) is 15.9. The van der Waals surface area contributed by atoms with E-state index in [1.807, 2.05) is 12.2 Å². The molecule has 14 nitrogen and oxygen atoms in total. The van der Waals surface area contributed by atoms with Gasteiger partial charge in [0.15, 0.2) is 0 Å². The molecule has 4 aliphatic carbocycles. The van der Waals surface area contributed by atoms with Gasteiger partial charge in [0.25, 0.3) is 5.91 Å². The van der Waals surface area contributed by atoms with E-state index in [-0.39, 0.29) is 38.9 Å². The maximum Gasteiger partial charge on any atom is 0.410 e. The number of hydrogen-bond acceptors (Lipinski definition) is 9. The first-order chi connectivity index (χ1) is 25.4. The van der Waals surface area contributed by atoms with Crippen molar-refractivity contribution in [3.63, 3.8) is 0 Å². The molecule has 0 unspecified atom stereocenters. The fraction of sp³-hybridized carbons (Fsp3) is 0.649. The molecular formula is C37H46FN5O9S. The number of nitrogens with zero attached hydrogens (tertiary/aromatic N) is 2. The Labute approximate surface area is 307 Å². The Morgan fingerprint density at radius 3 is 2.51 bits per heavy atom. The van der Waals surface area contributed by atoms with E-state index in [4.69, 9.17) is 9.47 Å². The lowest BCUT2D eigenvalue weighted by Gasteiger charge is -2.30. The summed E-state index contributed by atoms with van der Waals surface area (Å²) in [6, 6.07) is 2.38. The van der Waals surface area contributed by atoms with Gasteiger partial charge in [-0.25, -0.2) is 22.4 Å². The maximum atomic E-state index is 14.4. The second-order valence-corrected chi connectivity index (χ2v) is 17.9. The fourth-order valence-electron chi connectivity index (χ4n) is 8.26. The molecule has 53 heavy (non-hydrogen) atoms. The number of allylic oxidation sites excluding steroid dienone is 1. The van der Waals surface area contributed by atoms with E-state index in [2.05, 4.69) is 15.4 Å². The number of ether oxygens (including phenoxy) is 2. The third kappa shape index (κ3) is 7.35.